The van der Waals surface area contributed by atoms with Crippen molar-refractivity contribution in [3.05, 3.63) is 0 Å². The van der Waals surface area contributed by atoms with Gasteiger partial charge in [-0.05, 0) is 23.2 Å². The first kappa shape index (κ1) is 13.2. The second-order valence-corrected chi connectivity index (χ2v) is 4.64. The number of hydrogen-bond acceptors (Lipinski definition) is 2. The molecule has 13 heavy (non-hydrogen) atoms. The highest BCUT2D eigenvalue weighted by Gasteiger charge is 2.21. The van der Waals surface area contributed by atoms with Crippen LogP contribution in [0.15, 0.2) is 0 Å². The van der Waals surface area contributed by atoms with Gasteiger partial charge in [0.05, 0.1) is 13.0 Å². The van der Waals surface area contributed by atoms with E-state index in [9.17, 15) is 4.79 Å². The first-order valence-electron chi connectivity index (χ1n) is 4.77. The van der Waals surface area contributed by atoms with Gasteiger partial charge in [0.15, 0.2) is 0 Å². The Kier molecular flexibility index (Phi) is 7.71. The lowest BCUT2D eigenvalue weighted by atomic mass is 9.91. The predicted octanol–water partition coefficient (Wildman–Crippen LogP) is 3.04. The summed E-state index contributed by atoms with van der Waals surface area (Å²) < 4.78 is 5.93. The summed E-state index contributed by atoms with van der Waals surface area (Å²) in [6.45, 7) is 4.15. The van der Waals surface area contributed by atoms with E-state index in [1.165, 1.54) is 18.0 Å². The topological polar surface area (TPSA) is 26.3 Å². The Morgan fingerprint density at radius 3 is 2.38 bits per heavy atom. The fourth-order valence-electron chi connectivity index (χ4n) is 1.33. The van der Waals surface area contributed by atoms with Gasteiger partial charge in [-0.1, -0.05) is 42.9 Å². The second-order valence-electron chi connectivity index (χ2n) is 3.56. The lowest BCUT2D eigenvalue weighted by Crippen LogP contribution is -2.21. The minimum Gasteiger partial charge on any atom is -0.469 e. The minimum absolute atomic E-state index is 0.0524. The van der Waals surface area contributed by atoms with E-state index in [2.05, 4.69) is 36.4 Å². The third-order valence-corrected chi connectivity index (χ3v) is 2.97. The number of unbranched alkanes of at least 4 members (excludes halogenated alkanes) is 1. The van der Waals surface area contributed by atoms with Crippen LogP contribution in [0, 0.1) is 11.8 Å². The van der Waals surface area contributed by atoms with Gasteiger partial charge in [0.25, 0.3) is 0 Å². The molecule has 2 nitrogen and oxygen atoms in total. The lowest BCUT2D eigenvalue weighted by molar-refractivity contribution is -0.147. The molecule has 0 amide bonds. The van der Waals surface area contributed by atoms with Gasteiger partial charge < -0.3 is 4.74 Å². The van der Waals surface area contributed by atoms with Crippen LogP contribution in [0.1, 0.15) is 33.1 Å². The molecule has 0 saturated heterocycles. The molecule has 0 saturated carbocycles. The first-order chi connectivity index (χ1) is 6.13. The van der Waals surface area contributed by atoms with Gasteiger partial charge in [-0.3, -0.25) is 4.79 Å². The molecule has 0 rings (SSSR count). The molecule has 3 heteroatoms. The van der Waals surface area contributed by atoms with Crippen molar-refractivity contribution in [3.8, 4) is 0 Å². The van der Waals surface area contributed by atoms with Gasteiger partial charge >= 0.3 is 5.97 Å². The van der Waals surface area contributed by atoms with E-state index in [1.54, 1.807) is 0 Å². The number of halogens is 1. The Morgan fingerprint density at radius 2 is 2.00 bits per heavy atom. The number of methoxy groups -OCH3 is 1. The van der Waals surface area contributed by atoms with Crippen molar-refractivity contribution in [1.29, 1.82) is 0 Å². The summed E-state index contributed by atoms with van der Waals surface area (Å²) in [5, 5.41) is 0. The van der Waals surface area contributed by atoms with Crippen LogP contribution in [0.2, 0.25) is 0 Å². The molecule has 78 valence electrons. The number of hydrogen-bond donors (Lipinski definition) is 0. The molecule has 0 aromatic carbocycles. The van der Waals surface area contributed by atoms with E-state index < -0.39 is 0 Å². The van der Waals surface area contributed by atoms with Crippen molar-refractivity contribution in [1.82, 2.24) is 0 Å². The Bertz CT molecular complexity index is 146. The first-order valence-corrected chi connectivity index (χ1v) is 6.29. The van der Waals surface area contributed by atoms with Crippen LogP contribution in [-0.2, 0) is 9.53 Å². The van der Waals surface area contributed by atoms with Gasteiger partial charge in [-0.2, -0.15) is 0 Å². The average molecular weight is 298 g/mol. The van der Waals surface area contributed by atoms with Crippen molar-refractivity contribution in [2.45, 2.75) is 33.1 Å². The van der Waals surface area contributed by atoms with Gasteiger partial charge in [0.1, 0.15) is 0 Å². The molecular formula is C10H19IO2. The van der Waals surface area contributed by atoms with Crippen molar-refractivity contribution in [3.63, 3.8) is 0 Å². The van der Waals surface area contributed by atoms with Gasteiger partial charge in [-0.25, -0.2) is 0 Å². The predicted molar refractivity (Wildman–Crippen MR) is 63.1 cm³/mol. The zero-order chi connectivity index (χ0) is 10.3. The molecule has 0 aliphatic rings. The smallest absolute Gasteiger partial charge is 0.308 e. The van der Waals surface area contributed by atoms with Crippen molar-refractivity contribution in [2.75, 3.05) is 11.5 Å². The van der Waals surface area contributed by atoms with Crippen molar-refractivity contribution in [2.24, 2.45) is 11.8 Å². The molecule has 0 radical (unpaired) electrons. The fraction of sp³-hybridized carbons (Fsp3) is 0.900. The number of alkyl halides is 1. The zero-order valence-corrected chi connectivity index (χ0v) is 10.8. The highest BCUT2D eigenvalue weighted by atomic mass is 127. The molecular weight excluding hydrogens is 279 g/mol. The van der Waals surface area contributed by atoms with Crippen LogP contribution in [0.5, 0.6) is 0 Å². The average Bonchev–Trinajstić information content (AvgIpc) is 2.11. The summed E-state index contributed by atoms with van der Waals surface area (Å²) >= 11 is 2.36. The second kappa shape index (κ2) is 7.59. The summed E-state index contributed by atoms with van der Waals surface area (Å²) in [7, 11) is 1.47. The number of esters is 1. The van der Waals surface area contributed by atoms with E-state index in [0.29, 0.717) is 5.92 Å². The van der Waals surface area contributed by atoms with Crippen LogP contribution in [0.4, 0.5) is 0 Å². The summed E-state index contributed by atoms with van der Waals surface area (Å²) in [5.74, 6) is 0.429. The van der Waals surface area contributed by atoms with Crippen LogP contribution in [0.3, 0.4) is 0 Å². The zero-order valence-electron chi connectivity index (χ0n) is 8.68. The Morgan fingerprint density at radius 1 is 1.38 bits per heavy atom. The molecule has 0 heterocycles. The quantitative estimate of drug-likeness (QED) is 0.326. The van der Waals surface area contributed by atoms with Gasteiger partial charge in [0, 0.05) is 0 Å². The summed E-state index contributed by atoms with van der Waals surface area (Å²) in [6.07, 6.45) is 3.29. The molecule has 0 aromatic heterocycles. The fourth-order valence-corrected chi connectivity index (χ4v) is 1.87. The van der Waals surface area contributed by atoms with Gasteiger partial charge in [-0.15, -0.1) is 0 Å². The number of carbonyl (C=O) groups is 1. The highest BCUT2D eigenvalue weighted by Crippen LogP contribution is 2.19. The maximum atomic E-state index is 11.3. The molecule has 1 atom stereocenters. The van der Waals surface area contributed by atoms with E-state index >= 15 is 0 Å². The number of rotatable bonds is 6. The lowest BCUT2D eigenvalue weighted by Gasteiger charge is -2.17. The summed E-state index contributed by atoms with van der Waals surface area (Å²) in [6, 6.07) is 0. The standard InChI is InChI=1S/C10H19IO2/c1-8(2)9(10(12)13-3)6-4-5-7-11/h8-9H,4-7H2,1-3H3/t9-/m1/s1. The normalized spacial score (nSPS) is 13.0. The van der Waals surface area contributed by atoms with Gasteiger partial charge in [0.2, 0.25) is 0 Å². The van der Waals surface area contributed by atoms with E-state index in [4.69, 9.17) is 4.74 Å². The van der Waals surface area contributed by atoms with E-state index in [0.717, 1.165) is 12.8 Å². The van der Waals surface area contributed by atoms with E-state index in [1.807, 2.05) is 0 Å². The summed E-state index contributed by atoms with van der Waals surface area (Å²) in [5.41, 5.74) is 0. The molecule has 0 unspecified atom stereocenters. The molecule has 0 spiro atoms. The number of ether oxygens (including phenoxy) is 1. The van der Waals surface area contributed by atoms with E-state index in [-0.39, 0.29) is 11.9 Å². The van der Waals surface area contributed by atoms with Crippen LogP contribution < -0.4 is 0 Å². The molecule has 0 N–H and O–H groups in total. The molecule has 0 aliphatic heterocycles. The minimum atomic E-state index is -0.0524. The molecule has 0 fully saturated rings. The van der Waals surface area contributed by atoms with Crippen molar-refractivity contribution >= 4 is 28.6 Å². The highest BCUT2D eigenvalue weighted by molar-refractivity contribution is 14.1. The molecule has 0 aromatic rings. The maximum absolute atomic E-state index is 11.3. The maximum Gasteiger partial charge on any atom is 0.308 e. The Hall–Kier alpha value is 0.200. The Balaban J connectivity index is 3.88. The Labute approximate surface area is 94.6 Å². The monoisotopic (exact) mass is 298 g/mol. The van der Waals surface area contributed by atoms with Crippen molar-refractivity contribution < 1.29 is 9.53 Å². The molecule has 0 bridgehead atoms. The largest absolute Gasteiger partial charge is 0.469 e. The van der Waals surface area contributed by atoms with Crippen LogP contribution >= 0.6 is 22.6 Å². The van der Waals surface area contributed by atoms with Crippen LogP contribution in [0.25, 0.3) is 0 Å². The SMILES string of the molecule is COC(=O)[C@H](CCCCI)C(C)C. The third kappa shape index (κ3) is 5.49. The summed E-state index contributed by atoms with van der Waals surface area (Å²) in [4.78, 5) is 11.3. The molecule has 0 aliphatic carbocycles. The van der Waals surface area contributed by atoms with Crippen LogP contribution in [-0.4, -0.2) is 17.5 Å². The third-order valence-electron chi connectivity index (χ3n) is 2.21. The number of carbonyl (C=O) groups excluding carboxylic acids is 1.